The number of alkyl halides is 3. The van der Waals surface area contributed by atoms with E-state index in [2.05, 4.69) is 10.2 Å². The van der Waals surface area contributed by atoms with Gasteiger partial charge in [0.05, 0.1) is 12.1 Å². The summed E-state index contributed by atoms with van der Waals surface area (Å²) >= 11 is 0. The lowest BCUT2D eigenvalue weighted by Gasteiger charge is -2.37. The Morgan fingerprint density at radius 1 is 1.09 bits per heavy atom. The van der Waals surface area contributed by atoms with Crippen LogP contribution in [-0.2, 0) is 15.8 Å². The Morgan fingerprint density at radius 2 is 1.79 bits per heavy atom. The molecule has 1 saturated heterocycles. The third-order valence-electron chi connectivity index (χ3n) is 6.72. The van der Waals surface area contributed by atoms with E-state index in [4.69, 9.17) is 0 Å². The minimum absolute atomic E-state index is 0.0577. The van der Waals surface area contributed by atoms with Crippen molar-refractivity contribution >= 4 is 17.4 Å². The second-order valence-corrected chi connectivity index (χ2v) is 9.18. The number of carbonyl (C=O) groups is 2. The maximum absolute atomic E-state index is 13.0. The summed E-state index contributed by atoms with van der Waals surface area (Å²) in [7, 11) is 0. The molecule has 1 saturated carbocycles. The molecule has 0 aromatic heterocycles. The molecule has 182 valence electrons. The summed E-state index contributed by atoms with van der Waals surface area (Å²) in [5.74, 6) is 0.843. The first-order valence-corrected chi connectivity index (χ1v) is 11.8. The molecule has 2 aliphatic rings. The van der Waals surface area contributed by atoms with E-state index >= 15 is 0 Å². The van der Waals surface area contributed by atoms with Crippen LogP contribution in [-0.4, -0.2) is 55.9 Å². The molecule has 3 rings (SSSR count). The maximum atomic E-state index is 13.0. The van der Waals surface area contributed by atoms with Gasteiger partial charge in [0.2, 0.25) is 5.91 Å². The number of rotatable bonds is 8. The molecule has 33 heavy (non-hydrogen) atoms. The van der Waals surface area contributed by atoms with Gasteiger partial charge in [-0.05, 0) is 74.8 Å². The third kappa shape index (κ3) is 8.18. The fourth-order valence-electron chi connectivity index (χ4n) is 4.66. The predicted molar refractivity (Wildman–Crippen MR) is 123 cm³/mol. The number of amides is 1. The number of allylic oxidation sites excluding steroid dienone is 1. The molecule has 1 aliphatic carbocycles. The highest BCUT2D eigenvalue weighted by atomic mass is 19.4. The molecule has 1 N–H and O–H groups in total. The largest absolute Gasteiger partial charge is 0.416 e. The Hall–Kier alpha value is -2.35. The second-order valence-electron chi connectivity index (χ2n) is 9.18. The van der Waals surface area contributed by atoms with Gasteiger partial charge >= 0.3 is 6.18 Å². The van der Waals surface area contributed by atoms with Gasteiger partial charge < -0.3 is 10.2 Å². The lowest BCUT2D eigenvalue weighted by Crippen LogP contribution is -2.47. The highest BCUT2D eigenvalue weighted by Gasteiger charge is 2.31. The second kappa shape index (κ2) is 11.7. The van der Waals surface area contributed by atoms with Crippen molar-refractivity contribution in [2.75, 3.05) is 44.2 Å². The van der Waals surface area contributed by atoms with Crippen LogP contribution in [0.2, 0.25) is 0 Å². The lowest BCUT2D eigenvalue weighted by molar-refractivity contribution is -0.137. The van der Waals surface area contributed by atoms with E-state index < -0.39 is 11.7 Å². The van der Waals surface area contributed by atoms with Crippen LogP contribution in [0.4, 0.5) is 18.9 Å². The zero-order chi connectivity index (χ0) is 23.8. The van der Waals surface area contributed by atoms with Crippen molar-refractivity contribution in [1.29, 1.82) is 0 Å². The van der Waals surface area contributed by atoms with Crippen molar-refractivity contribution in [1.82, 2.24) is 10.2 Å². The van der Waals surface area contributed by atoms with Crippen LogP contribution in [0.15, 0.2) is 36.4 Å². The van der Waals surface area contributed by atoms with E-state index in [1.807, 2.05) is 11.0 Å². The quantitative estimate of drug-likeness (QED) is 0.582. The summed E-state index contributed by atoms with van der Waals surface area (Å²) < 4.78 is 38.9. The molecule has 0 radical (unpaired) electrons. The summed E-state index contributed by atoms with van der Waals surface area (Å²) in [6, 6.07) is 5.60. The standard InChI is InChI=1S/C25H34F3N3O2/c1-19(32)29-18-24(33)10-9-20-5-7-21(8-6-20)11-12-30-13-15-31(16-14-30)23-4-2-3-22(17-23)25(26,27)28/h2-4,9-10,17,20-21H,5-8,11-16,18H2,1H3,(H,29,32)/b10-9+. The Kier molecular flexibility index (Phi) is 8.95. The Labute approximate surface area is 194 Å². The fourth-order valence-corrected chi connectivity index (χ4v) is 4.66. The molecule has 0 bridgehead atoms. The van der Waals surface area contributed by atoms with Crippen LogP contribution >= 0.6 is 0 Å². The Morgan fingerprint density at radius 3 is 2.42 bits per heavy atom. The Balaban J connectivity index is 1.34. The molecule has 0 atom stereocenters. The zero-order valence-electron chi connectivity index (χ0n) is 19.2. The maximum Gasteiger partial charge on any atom is 0.416 e. The molecule has 1 aromatic rings. The minimum atomic E-state index is -4.31. The van der Waals surface area contributed by atoms with Crippen molar-refractivity contribution in [3.8, 4) is 0 Å². The number of nitrogens with zero attached hydrogens (tertiary/aromatic N) is 2. The fraction of sp³-hybridized carbons (Fsp3) is 0.600. The van der Waals surface area contributed by atoms with Crippen molar-refractivity contribution in [3.63, 3.8) is 0 Å². The van der Waals surface area contributed by atoms with E-state index in [1.54, 1.807) is 12.1 Å². The summed E-state index contributed by atoms with van der Waals surface area (Å²) in [6.45, 7) is 5.69. The van der Waals surface area contributed by atoms with E-state index in [-0.39, 0.29) is 18.2 Å². The number of hydrogen-bond acceptors (Lipinski definition) is 4. The summed E-state index contributed by atoms with van der Waals surface area (Å²) in [5.41, 5.74) is 0.0522. The summed E-state index contributed by atoms with van der Waals surface area (Å²) in [4.78, 5) is 27.1. The van der Waals surface area contributed by atoms with Crippen LogP contribution in [0.5, 0.6) is 0 Å². The van der Waals surface area contributed by atoms with Crippen molar-refractivity contribution in [2.45, 2.75) is 45.2 Å². The molecule has 0 unspecified atom stereocenters. The van der Waals surface area contributed by atoms with Crippen LogP contribution in [0.1, 0.15) is 44.6 Å². The highest BCUT2D eigenvalue weighted by Crippen LogP contribution is 2.33. The van der Waals surface area contributed by atoms with E-state index in [0.29, 0.717) is 17.5 Å². The predicted octanol–water partition coefficient (Wildman–Crippen LogP) is 4.29. The zero-order valence-corrected chi connectivity index (χ0v) is 19.2. The smallest absolute Gasteiger partial charge is 0.369 e. The monoisotopic (exact) mass is 465 g/mol. The van der Waals surface area contributed by atoms with Crippen molar-refractivity contribution in [2.24, 2.45) is 11.8 Å². The molecule has 1 aromatic carbocycles. The molecule has 8 heteroatoms. The first-order chi connectivity index (χ1) is 15.7. The SMILES string of the molecule is CC(=O)NCC(=O)/C=C/C1CCC(CCN2CCN(c3cccc(C(F)(F)F)c3)CC2)CC1. The molecule has 5 nitrogen and oxygen atoms in total. The van der Waals surface area contributed by atoms with E-state index in [0.717, 1.165) is 70.9 Å². The van der Waals surface area contributed by atoms with Gasteiger partial charge in [0.1, 0.15) is 0 Å². The average molecular weight is 466 g/mol. The van der Waals surface area contributed by atoms with Gasteiger partial charge in [-0.15, -0.1) is 0 Å². The number of piperazine rings is 1. The van der Waals surface area contributed by atoms with Crippen molar-refractivity contribution < 1.29 is 22.8 Å². The van der Waals surface area contributed by atoms with E-state index in [1.165, 1.54) is 19.1 Å². The molecule has 0 spiro atoms. The first-order valence-electron chi connectivity index (χ1n) is 11.8. The number of anilines is 1. The topological polar surface area (TPSA) is 52.7 Å². The third-order valence-corrected chi connectivity index (χ3v) is 6.72. The summed E-state index contributed by atoms with van der Waals surface area (Å²) in [5, 5.41) is 2.52. The highest BCUT2D eigenvalue weighted by molar-refractivity contribution is 5.93. The van der Waals surface area contributed by atoms with Gasteiger partial charge in [0.25, 0.3) is 0 Å². The van der Waals surface area contributed by atoms with E-state index in [9.17, 15) is 22.8 Å². The number of halogens is 3. The normalized spacial score (nSPS) is 22.5. The number of nitrogens with one attached hydrogen (secondary N) is 1. The van der Waals surface area contributed by atoms with Gasteiger partial charge in [-0.25, -0.2) is 0 Å². The number of benzene rings is 1. The Bertz CT molecular complexity index is 824. The van der Waals surface area contributed by atoms with Gasteiger partial charge in [0, 0.05) is 38.8 Å². The number of ketones is 1. The van der Waals surface area contributed by atoms with Crippen LogP contribution in [0.25, 0.3) is 0 Å². The summed E-state index contributed by atoms with van der Waals surface area (Å²) in [6.07, 6.45) is 4.89. The lowest BCUT2D eigenvalue weighted by atomic mass is 9.80. The molecular formula is C25H34F3N3O2. The average Bonchev–Trinajstić information content (AvgIpc) is 2.80. The molecule has 1 heterocycles. The van der Waals surface area contributed by atoms with Gasteiger partial charge in [0.15, 0.2) is 5.78 Å². The van der Waals surface area contributed by atoms with Crippen molar-refractivity contribution in [3.05, 3.63) is 42.0 Å². The number of carbonyl (C=O) groups excluding carboxylic acids is 2. The van der Waals surface area contributed by atoms with Crippen LogP contribution in [0.3, 0.4) is 0 Å². The van der Waals surface area contributed by atoms with Crippen LogP contribution < -0.4 is 10.2 Å². The van der Waals surface area contributed by atoms with Gasteiger partial charge in [-0.3, -0.25) is 14.5 Å². The molecule has 1 aliphatic heterocycles. The molecular weight excluding hydrogens is 431 g/mol. The molecule has 1 amide bonds. The molecule has 2 fully saturated rings. The van der Waals surface area contributed by atoms with Gasteiger partial charge in [-0.2, -0.15) is 13.2 Å². The van der Waals surface area contributed by atoms with Gasteiger partial charge in [-0.1, -0.05) is 12.1 Å². The minimum Gasteiger partial charge on any atom is -0.369 e. The first kappa shape index (κ1) is 25.3. The van der Waals surface area contributed by atoms with Crippen LogP contribution in [0, 0.1) is 11.8 Å². The number of hydrogen-bond donors (Lipinski definition) is 1.